The summed E-state index contributed by atoms with van der Waals surface area (Å²) < 4.78 is 0. The van der Waals surface area contributed by atoms with E-state index in [4.69, 9.17) is 0 Å². The highest BCUT2D eigenvalue weighted by Crippen LogP contribution is 2.50. The Bertz CT molecular complexity index is 3100. The van der Waals surface area contributed by atoms with Crippen molar-refractivity contribution in [2.24, 2.45) is 0 Å². The van der Waals surface area contributed by atoms with Crippen LogP contribution in [0.2, 0.25) is 0 Å². The maximum atomic E-state index is 2.43. The van der Waals surface area contributed by atoms with Gasteiger partial charge in [0.25, 0.3) is 0 Å². The zero-order valence-corrected chi connectivity index (χ0v) is 31.0. The molecule has 0 unspecified atom stereocenters. The largest absolute Gasteiger partial charge is 0.0619 e. The second kappa shape index (κ2) is 12.1. The minimum atomic E-state index is -0.0230. The first kappa shape index (κ1) is 31.7. The first-order valence-electron chi connectivity index (χ1n) is 19.3. The Morgan fingerprint density at radius 1 is 0.273 bits per heavy atom. The quantitative estimate of drug-likeness (QED) is 0.161. The second-order valence-electron chi connectivity index (χ2n) is 15.6. The smallest absolute Gasteiger partial charge is 0.0159 e. The standard InChI is InChI=1S/C55H38/c1-55(2)51-25-12-11-19-43(51)44-31-30-38(34-52(44)55)35-26-28-36(29-27-35)40-32-39-15-4-6-18-42(39)50(33-40)54-48-22-9-7-20-46(48)53(47-21-8-10-23-49(47)54)45-24-13-16-37-14-3-5-17-41(37)45/h3-34H,1-2H3. The molecule has 0 N–H and O–H groups in total. The highest BCUT2D eigenvalue weighted by Gasteiger charge is 2.35. The van der Waals surface area contributed by atoms with Crippen LogP contribution < -0.4 is 0 Å². The van der Waals surface area contributed by atoms with Crippen molar-refractivity contribution in [3.8, 4) is 55.6 Å². The molecule has 0 atom stereocenters. The predicted molar refractivity (Wildman–Crippen MR) is 236 cm³/mol. The second-order valence-corrected chi connectivity index (χ2v) is 15.6. The molecule has 0 amide bonds. The number of hydrogen-bond donors (Lipinski definition) is 0. The number of rotatable bonds is 4. The Morgan fingerprint density at radius 2 is 0.727 bits per heavy atom. The molecule has 0 nitrogen and oxygen atoms in total. The third-order valence-electron chi connectivity index (χ3n) is 12.3. The molecule has 11 rings (SSSR count). The number of fused-ring (bicyclic) bond motifs is 7. The van der Waals surface area contributed by atoms with Gasteiger partial charge in [-0.25, -0.2) is 0 Å². The Morgan fingerprint density at radius 3 is 1.40 bits per heavy atom. The van der Waals surface area contributed by atoms with Crippen LogP contribution in [-0.2, 0) is 5.41 Å². The Labute approximate surface area is 322 Å². The SMILES string of the molecule is CC1(C)c2ccccc2-c2ccc(-c3ccc(-c4cc(-c5c6ccccc6c(-c6cccc7ccccc67)c6ccccc56)c5ccccc5c4)cc3)cc21. The van der Waals surface area contributed by atoms with Crippen LogP contribution in [0.5, 0.6) is 0 Å². The van der Waals surface area contributed by atoms with Crippen LogP contribution in [0.25, 0.3) is 98.7 Å². The molecule has 0 aliphatic heterocycles. The Balaban J connectivity index is 1.08. The van der Waals surface area contributed by atoms with Gasteiger partial charge in [0.05, 0.1) is 0 Å². The maximum absolute atomic E-state index is 2.43. The monoisotopic (exact) mass is 698 g/mol. The van der Waals surface area contributed by atoms with E-state index in [9.17, 15) is 0 Å². The average Bonchev–Trinajstić information content (AvgIpc) is 3.47. The van der Waals surface area contributed by atoms with Crippen molar-refractivity contribution >= 4 is 43.1 Å². The van der Waals surface area contributed by atoms with E-state index in [1.165, 1.54) is 110 Å². The van der Waals surface area contributed by atoms with Crippen molar-refractivity contribution in [3.63, 3.8) is 0 Å². The molecule has 0 radical (unpaired) electrons. The maximum Gasteiger partial charge on any atom is 0.0159 e. The lowest BCUT2D eigenvalue weighted by molar-refractivity contribution is 0.660. The van der Waals surface area contributed by atoms with Crippen molar-refractivity contribution in [1.29, 1.82) is 0 Å². The highest BCUT2D eigenvalue weighted by atomic mass is 14.4. The van der Waals surface area contributed by atoms with Gasteiger partial charge in [0.1, 0.15) is 0 Å². The van der Waals surface area contributed by atoms with Gasteiger partial charge in [-0.3, -0.25) is 0 Å². The first-order valence-corrected chi connectivity index (χ1v) is 19.3. The molecule has 0 heterocycles. The molecule has 0 heteroatoms. The van der Waals surface area contributed by atoms with E-state index in [-0.39, 0.29) is 5.41 Å². The summed E-state index contributed by atoms with van der Waals surface area (Å²) >= 11 is 0. The molecule has 0 saturated carbocycles. The lowest BCUT2D eigenvalue weighted by atomic mass is 9.81. The molecule has 10 aromatic rings. The molecule has 0 bridgehead atoms. The zero-order valence-electron chi connectivity index (χ0n) is 31.0. The molecule has 55 heavy (non-hydrogen) atoms. The Hall–Kier alpha value is -6.76. The van der Waals surface area contributed by atoms with Gasteiger partial charge >= 0.3 is 0 Å². The van der Waals surface area contributed by atoms with Crippen LogP contribution in [0.4, 0.5) is 0 Å². The molecular formula is C55H38. The Kier molecular flexibility index (Phi) is 7.00. The van der Waals surface area contributed by atoms with Crippen LogP contribution in [0.1, 0.15) is 25.0 Å². The lowest BCUT2D eigenvalue weighted by Crippen LogP contribution is -2.14. The summed E-state index contributed by atoms with van der Waals surface area (Å²) in [6, 6.07) is 72.2. The number of hydrogen-bond acceptors (Lipinski definition) is 0. The molecule has 0 fully saturated rings. The van der Waals surface area contributed by atoms with Gasteiger partial charge in [-0.15, -0.1) is 0 Å². The summed E-state index contributed by atoms with van der Waals surface area (Å²) in [6.45, 7) is 4.71. The van der Waals surface area contributed by atoms with Crippen LogP contribution >= 0.6 is 0 Å². The van der Waals surface area contributed by atoms with E-state index in [0.717, 1.165) is 0 Å². The first-order chi connectivity index (χ1) is 27.0. The molecular weight excluding hydrogens is 661 g/mol. The van der Waals surface area contributed by atoms with Crippen molar-refractivity contribution in [2.45, 2.75) is 19.3 Å². The van der Waals surface area contributed by atoms with Crippen LogP contribution in [0, 0.1) is 0 Å². The van der Waals surface area contributed by atoms with E-state index in [2.05, 4.69) is 208 Å². The predicted octanol–water partition coefficient (Wildman–Crippen LogP) is 15.3. The summed E-state index contributed by atoms with van der Waals surface area (Å²) in [5.41, 5.74) is 15.5. The van der Waals surface area contributed by atoms with E-state index >= 15 is 0 Å². The molecule has 0 spiro atoms. The van der Waals surface area contributed by atoms with Gasteiger partial charge in [0, 0.05) is 5.41 Å². The summed E-state index contributed by atoms with van der Waals surface area (Å²) in [7, 11) is 0. The van der Waals surface area contributed by atoms with E-state index in [0.29, 0.717) is 0 Å². The van der Waals surface area contributed by atoms with Crippen molar-refractivity contribution in [1.82, 2.24) is 0 Å². The van der Waals surface area contributed by atoms with Crippen molar-refractivity contribution < 1.29 is 0 Å². The van der Waals surface area contributed by atoms with Crippen LogP contribution in [0.15, 0.2) is 194 Å². The van der Waals surface area contributed by atoms with Gasteiger partial charge in [0.15, 0.2) is 0 Å². The van der Waals surface area contributed by atoms with Crippen LogP contribution in [-0.4, -0.2) is 0 Å². The summed E-state index contributed by atoms with van der Waals surface area (Å²) in [5, 5.41) is 10.1. The molecule has 1 aliphatic carbocycles. The molecule has 0 saturated heterocycles. The van der Waals surface area contributed by atoms with Crippen molar-refractivity contribution in [3.05, 3.63) is 205 Å². The van der Waals surface area contributed by atoms with E-state index < -0.39 is 0 Å². The van der Waals surface area contributed by atoms with Gasteiger partial charge < -0.3 is 0 Å². The molecule has 10 aromatic carbocycles. The number of benzene rings is 10. The lowest BCUT2D eigenvalue weighted by Gasteiger charge is -2.22. The minimum absolute atomic E-state index is 0.0230. The fraction of sp³-hybridized carbons (Fsp3) is 0.0545. The summed E-state index contributed by atoms with van der Waals surface area (Å²) in [4.78, 5) is 0. The summed E-state index contributed by atoms with van der Waals surface area (Å²) in [6.07, 6.45) is 0. The summed E-state index contributed by atoms with van der Waals surface area (Å²) in [5.74, 6) is 0. The average molecular weight is 699 g/mol. The molecule has 258 valence electrons. The molecule has 0 aromatic heterocycles. The third kappa shape index (κ3) is 4.85. The molecule has 1 aliphatic rings. The third-order valence-corrected chi connectivity index (χ3v) is 12.3. The van der Waals surface area contributed by atoms with Gasteiger partial charge in [-0.05, 0) is 128 Å². The van der Waals surface area contributed by atoms with E-state index in [1.54, 1.807) is 0 Å². The fourth-order valence-corrected chi connectivity index (χ4v) is 9.58. The van der Waals surface area contributed by atoms with Crippen molar-refractivity contribution in [2.75, 3.05) is 0 Å². The van der Waals surface area contributed by atoms with Crippen LogP contribution in [0.3, 0.4) is 0 Å². The van der Waals surface area contributed by atoms with Gasteiger partial charge in [-0.1, -0.05) is 190 Å². The normalized spacial score (nSPS) is 13.1. The topological polar surface area (TPSA) is 0 Å². The van der Waals surface area contributed by atoms with E-state index in [1.807, 2.05) is 0 Å². The minimum Gasteiger partial charge on any atom is -0.0619 e. The van der Waals surface area contributed by atoms with Gasteiger partial charge in [-0.2, -0.15) is 0 Å². The fourth-order valence-electron chi connectivity index (χ4n) is 9.58. The van der Waals surface area contributed by atoms with Gasteiger partial charge in [0.2, 0.25) is 0 Å². The zero-order chi connectivity index (χ0) is 36.7. The highest BCUT2D eigenvalue weighted by molar-refractivity contribution is 6.25.